The third-order valence-electron chi connectivity index (χ3n) is 2.89. The molecule has 110 valence electrons. The number of aryl methyl sites for hydroxylation is 1. The van der Waals surface area contributed by atoms with Crippen molar-refractivity contribution >= 4 is 21.4 Å². The van der Waals surface area contributed by atoms with Crippen LogP contribution in [0, 0.1) is 6.92 Å². The number of carbonyl (C=O) groups is 1. The van der Waals surface area contributed by atoms with Crippen LogP contribution in [-0.4, -0.2) is 20.6 Å². The molecule has 2 rings (SSSR count). The first-order valence-corrected chi connectivity index (χ1v) is 8.54. The Morgan fingerprint density at radius 2 is 1.81 bits per heavy atom. The van der Waals surface area contributed by atoms with E-state index in [2.05, 4.69) is 5.32 Å². The summed E-state index contributed by atoms with van der Waals surface area (Å²) in [5.41, 5.74) is 2.82. The first-order valence-electron chi connectivity index (χ1n) is 6.48. The second-order valence-corrected chi connectivity index (χ2v) is 7.23. The van der Waals surface area contributed by atoms with Crippen LogP contribution in [0.25, 0.3) is 0 Å². The SMILES string of the molecule is Cc1cccc(NC(=O)c2cccc(CS(C)(=O)=O)c2)c1. The highest BCUT2D eigenvalue weighted by Gasteiger charge is 2.09. The monoisotopic (exact) mass is 303 g/mol. The van der Waals surface area contributed by atoms with Gasteiger partial charge in [-0.05, 0) is 42.3 Å². The van der Waals surface area contributed by atoms with Crippen LogP contribution in [0.5, 0.6) is 0 Å². The Hall–Kier alpha value is -2.14. The van der Waals surface area contributed by atoms with Crippen LogP contribution in [-0.2, 0) is 15.6 Å². The van der Waals surface area contributed by atoms with Crippen molar-refractivity contribution in [1.29, 1.82) is 0 Å². The van der Waals surface area contributed by atoms with E-state index in [1.165, 1.54) is 6.26 Å². The molecule has 0 aliphatic carbocycles. The second kappa shape index (κ2) is 6.10. The number of sulfone groups is 1. The van der Waals surface area contributed by atoms with Crippen LogP contribution in [0.3, 0.4) is 0 Å². The van der Waals surface area contributed by atoms with Crippen molar-refractivity contribution in [3.05, 3.63) is 65.2 Å². The van der Waals surface area contributed by atoms with Crippen molar-refractivity contribution in [2.24, 2.45) is 0 Å². The van der Waals surface area contributed by atoms with E-state index in [1.807, 2.05) is 31.2 Å². The van der Waals surface area contributed by atoms with E-state index in [1.54, 1.807) is 24.3 Å². The fourth-order valence-corrected chi connectivity index (χ4v) is 2.82. The Bertz CT molecular complexity index is 767. The largest absolute Gasteiger partial charge is 0.322 e. The van der Waals surface area contributed by atoms with Gasteiger partial charge in [0.05, 0.1) is 5.75 Å². The van der Waals surface area contributed by atoms with Gasteiger partial charge in [0.1, 0.15) is 0 Å². The maximum absolute atomic E-state index is 12.2. The molecule has 0 fully saturated rings. The molecule has 0 unspecified atom stereocenters. The third kappa shape index (κ3) is 4.72. The van der Waals surface area contributed by atoms with Gasteiger partial charge in [0.2, 0.25) is 0 Å². The summed E-state index contributed by atoms with van der Waals surface area (Å²) in [4.78, 5) is 12.2. The highest BCUT2D eigenvalue weighted by atomic mass is 32.2. The molecule has 2 aromatic rings. The van der Waals surface area contributed by atoms with Gasteiger partial charge in [0.25, 0.3) is 5.91 Å². The normalized spacial score (nSPS) is 11.1. The molecule has 4 nitrogen and oxygen atoms in total. The highest BCUT2D eigenvalue weighted by molar-refractivity contribution is 7.89. The summed E-state index contributed by atoms with van der Waals surface area (Å²) in [7, 11) is -3.12. The van der Waals surface area contributed by atoms with Crippen LogP contribution >= 0.6 is 0 Å². The molecule has 0 radical (unpaired) electrons. The Morgan fingerprint density at radius 1 is 1.10 bits per heavy atom. The molecule has 0 bridgehead atoms. The number of rotatable bonds is 4. The van der Waals surface area contributed by atoms with Crippen LogP contribution in [0.15, 0.2) is 48.5 Å². The van der Waals surface area contributed by atoms with E-state index in [4.69, 9.17) is 0 Å². The van der Waals surface area contributed by atoms with Gasteiger partial charge in [-0.1, -0.05) is 24.3 Å². The minimum absolute atomic E-state index is 0.0709. The van der Waals surface area contributed by atoms with Crippen molar-refractivity contribution in [3.8, 4) is 0 Å². The zero-order chi connectivity index (χ0) is 15.5. The van der Waals surface area contributed by atoms with Crippen molar-refractivity contribution in [2.45, 2.75) is 12.7 Å². The molecular formula is C16H17NO3S. The number of carbonyl (C=O) groups excluding carboxylic acids is 1. The summed E-state index contributed by atoms with van der Waals surface area (Å²) < 4.78 is 22.6. The van der Waals surface area contributed by atoms with E-state index in [0.717, 1.165) is 5.56 Å². The summed E-state index contributed by atoms with van der Waals surface area (Å²) in [6.07, 6.45) is 1.17. The molecule has 2 aromatic carbocycles. The van der Waals surface area contributed by atoms with E-state index in [9.17, 15) is 13.2 Å². The van der Waals surface area contributed by atoms with E-state index < -0.39 is 9.84 Å². The third-order valence-corrected chi connectivity index (χ3v) is 3.75. The lowest BCUT2D eigenvalue weighted by atomic mass is 10.1. The Kier molecular flexibility index (Phi) is 4.43. The molecule has 0 saturated heterocycles. The predicted molar refractivity (Wildman–Crippen MR) is 84.1 cm³/mol. The Balaban J connectivity index is 2.18. The molecule has 0 heterocycles. The molecule has 0 saturated carbocycles. The van der Waals surface area contributed by atoms with Gasteiger partial charge in [-0.2, -0.15) is 0 Å². The minimum Gasteiger partial charge on any atom is -0.322 e. The average molecular weight is 303 g/mol. The number of amides is 1. The van der Waals surface area contributed by atoms with Crippen LogP contribution < -0.4 is 5.32 Å². The number of hydrogen-bond acceptors (Lipinski definition) is 3. The van der Waals surface area contributed by atoms with E-state index >= 15 is 0 Å². The van der Waals surface area contributed by atoms with E-state index in [0.29, 0.717) is 16.8 Å². The van der Waals surface area contributed by atoms with Crippen molar-refractivity contribution in [1.82, 2.24) is 0 Å². The molecule has 0 aliphatic heterocycles. The zero-order valence-corrected chi connectivity index (χ0v) is 12.8. The van der Waals surface area contributed by atoms with Crippen LogP contribution in [0.2, 0.25) is 0 Å². The topological polar surface area (TPSA) is 63.2 Å². The summed E-state index contributed by atoms with van der Waals surface area (Å²) in [6.45, 7) is 1.95. The fraction of sp³-hybridized carbons (Fsp3) is 0.188. The molecule has 1 N–H and O–H groups in total. The Labute approximate surface area is 124 Å². The standard InChI is InChI=1S/C16H17NO3S/c1-12-5-3-8-15(9-12)17-16(18)14-7-4-6-13(10-14)11-21(2,19)20/h3-10H,11H2,1-2H3,(H,17,18). The lowest BCUT2D eigenvalue weighted by Gasteiger charge is -2.07. The van der Waals surface area contributed by atoms with Gasteiger partial charge in [-0.3, -0.25) is 4.79 Å². The Morgan fingerprint density at radius 3 is 2.48 bits per heavy atom. The lowest BCUT2D eigenvalue weighted by Crippen LogP contribution is -2.12. The summed E-state index contributed by atoms with van der Waals surface area (Å²) in [5.74, 6) is -0.325. The van der Waals surface area contributed by atoms with Gasteiger partial charge in [-0.15, -0.1) is 0 Å². The minimum atomic E-state index is -3.12. The molecule has 5 heteroatoms. The molecule has 0 atom stereocenters. The second-order valence-electron chi connectivity index (χ2n) is 5.09. The van der Waals surface area contributed by atoms with Crippen molar-refractivity contribution < 1.29 is 13.2 Å². The van der Waals surface area contributed by atoms with Gasteiger partial charge in [-0.25, -0.2) is 8.42 Å². The summed E-state index contributed by atoms with van der Waals surface area (Å²) in [6, 6.07) is 14.1. The molecule has 1 amide bonds. The van der Waals surface area contributed by atoms with Crippen molar-refractivity contribution in [3.63, 3.8) is 0 Å². The first kappa shape index (κ1) is 15.3. The van der Waals surface area contributed by atoms with Crippen molar-refractivity contribution in [2.75, 3.05) is 11.6 Å². The molecule has 21 heavy (non-hydrogen) atoms. The molecule has 0 aliphatic rings. The predicted octanol–water partition coefficient (Wildman–Crippen LogP) is 2.79. The molecule has 0 aromatic heterocycles. The molecular weight excluding hydrogens is 286 g/mol. The zero-order valence-electron chi connectivity index (χ0n) is 12.0. The number of anilines is 1. The summed E-state index contributed by atoms with van der Waals surface area (Å²) >= 11 is 0. The fourth-order valence-electron chi connectivity index (χ4n) is 2.03. The smallest absolute Gasteiger partial charge is 0.255 e. The number of nitrogens with one attached hydrogen (secondary N) is 1. The average Bonchev–Trinajstić information content (AvgIpc) is 2.37. The maximum Gasteiger partial charge on any atom is 0.255 e. The first-order chi connectivity index (χ1) is 9.83. The highest BCUT2D eigenvalue weighted by Crippen LogP contribution is 2.13. The maximum atomic E-state index is 12.2. The van der Waals surface area contributed by atoms with Gasteiger partial charge >= 0.3 is 0 Å². The quantitative estimate of drug-likeness (QED) is 0.944. The number of benzene rings is 2. The van der Waals surface area contributed by atoms with E-state index in [-0.39, 0.29) is 11.7 Å². The van der Waals surface area contributed by atoms with Crippen LogP contribution in [0.4, 0.5) is 5.69 Å². The lowest BCUT2D eigenvalue weighted by molar-refractivity contribution is 0.102. The van der Waals surface area contributed by atoms with Gasteiger partial charge in [0, 0.05) is 17.5 Å². The molecule has 0 spiro atoms. The number of hydrogen-bond donors (Lipinski definition) is 1. The van der Waals surface area contributed by atoms with Crippen LogP contribution in [0.1, 0.15) is 21.5 Å². The van der Waals surface area contributed by atoms with Gasteiger partial charge in [0.15, 0.2) is 9.84 Å². The summed E-state index contributed by atoms with van der Waals surface area (Å²) in [5, 5.41) is 2.80. The van der Waals surface area contributed by atoms with Gasteiger partial charge < -0.3 is 5.32 Å².